The molecular formula is C21H26N4O3. The van der Waals surface area contributed by atoms with Crippen LogP contribution in [0.15, 0.2) is 28.9 Å². The van der Waals surface area contributed by atoms with E-state index in [9.17, 15) is 4.79 Å². The van der Waals surface area contributed by atoms with E-state index in [1.807, 2.05) is 43.7 Å². The molecule has 3 rings (SSSR count). The molecule has 28 heavy (non-hydrogen) atoms. The normalized spacial score (nSPS) is 10.9. The number of rotatable bonds is 7. The molecular weight excluding hydrogens is 356 g/mol. The highest BCUT2D eigenvalue weighted by atomic mass is 16.5. The van der Waals surface area contributed by atoms with Gasteiger partial charge >= 0.3 is 0 Å². The Labute approximate surface area is 164 Å². The first-order chi connectivity index (χ1) is 13.4. The smallest absolute Gasteiger partial charge is 0.274 e. The largest absolute Gasteiger partial charge is 0.489 e. The van der Waals surface area contributed by atoms with Crippen LogP contribution in [0.4, 0.5) is 0 Å². The van der Waals surface area contributed by atoms with Gasteiger partial charge in [0, 0.05) is 24.3 Å². The van der Waals surface area contributed by atoms with Gasteiger partial charge in [0.1, 0.15) is 18.1 Å². The number of carbonyl (C=O) groups excluding carboxylic acids is 1. The zero-order chi connectivity index (χ0) is 20.3. The first kappa shape index (κ1) is 19.7. The van der Waals surface area contributed by atoms with Gasteiger partial charge in [0.25, 0.3) is 5.91 Å². The van der Waals surface area contributed by atoms with Crippen molar-refractivity contribution in [3.63, 3.8) is 0 Å². The topological polar surface area (TPSA) is 82.2 Å². The maximum atomic E-state index is 12.6. The van der Waals surface area contributed by atoms with Gasteiger partial charge in [-0.2, -0.15) is 5.10 Å². The number of aromatic nitrogens is 3. The van der Waals surface area contributed by atoms with E-state index in [4.69, 9.17) is 9.26 Å². The van der Waals surface area contributed by atoms with Crippen LogP contribution in [-0.4, -0.2) is 20.8 Å². The minimum absolute atomic E-state index is 0.216. The van der Waals surface area contributed by atoms with Gasteiger partial charge in [-0.15, -0.1) is 0 Å². The summed E-state index contributed by atoms with van der Waals surface area (Å²) in [6, 6.07) is 5.91. The maximum absolute atomic E-state index is 12.6. The van der Waals surface area contributed by atoms with Gasteiger partial charge in [0.15, 0.2) is 5.69 Å². The number of aryl methyl sites for hydroxylation is 4. The highest BCUT2D eigenvalue weighted by Crippen LogP contribution is 2.20. The number of hydrogen-bond acceptors (Lipinski definition) is 5. The first-order valence-electron chi connectivity index (χ1n) is 9.35. The lowest BCUT2D eigenvalue weighted by atomic mass is 10.1. The molecule has 148 valence electrons. The molecule has 2 aromatic heterocycles. The third-order valence-electron chi connectivity index (χ3n) is 5.01. The summed E-state index contributed by atoms with van der Waals surface area (Å²) in [5, 5.41) is 11.1. The van der Waals surface area contributed by atoms with Crippen molar-refractivity contribution in [1.82, 2.24) is 20.3 Å². The molecule has 3 aromatic rings. The molecule has 7 nitrogen and oxygen atoms in total. The summed E-state index contributed by atoms with van der Waals surface area (Å²) in [5.41, 5.74) is 5.27. The van der Waals surface area contributed by atoms with Crippen molar-refractivity contribution in [3.8, 4) is 5.75 Å². The molecule has 0 aliphatic heterocycles. The molecule has 0 aliphatic rings. The van der Waals surface area contributed by atoms with Gasteiger partial charge in [0.2, 0.25) is 0 Å². The summed E-state index contributed by atoms with van der Waals surface area (Å²) in [6.45, 7) is 11.3. The Morgan fingerprint density at radius 1 is 1.21 bits per heavy atom. The Bertz CT molecular complexity index is 988. The van der Waals surface area contributed by atoms with Crippen LogP contribution in [0.2, 0.25) is 0 Å². The van der Waals surface area contributed by atoms with Gasteiger partial charge in [-0.1, -0.05) is 11.2 Å². The Hall–Kier alpha value is -3.09. The number of carbonyl (C=O) groups is 1. The third kappa shape index (κ3) is 4.08. The number of ether oxygens (including phenoxy) is 1. The van der Waals surface area contributed by atoms with Crippen LogP contribution < -0.4 is 10.1 Å². The molecule has 1 aromatic carbocycles. The number of hydrogen-bond donors (Lipinski definition) is 1. The lowest BCUT2D eigenvalue weighted by molar-refractivity contribution is 0.0939. The molecule has 0 unspecified atom stereocenters. The van der Waals surface area contributed by atoms with Gasteiger partial charge < -0.3 is 14.6 Å². The average Bonchev–Trinajstić information content (AvgIpc) is 3.23. The standard InChI is InChI=1S/C21H26N4O3/c1-6-25-15(4)17(11-23-25)10-22-21(26)20-19(16(5)28-24-20)12-27-18-8-7-13(2)14(3)9-18/h7-9,11H,6,10,12H2,1-5H3,(H,22,26). The van der Waals surface area contributed by atoms with E-state index in [0.717, 1.165) is 29.1 Å². The molecule has 0 fully saturated rings. The van der Waals surface area contributed by atoms with E-state index in [-0.39, 0.29) is 18.2 Å². The van der Waals surface area contributed by atoms with Crippen molar-refractivity contribution in [3.05, 3.63) is 63.8 Å². The van der Waals surface area contributed by atoms with Crippen molar-refractivity contribution in [1.29, 1.82) is 0 Å². The average molecular weight is 382 g/mol. The summed E-state index contributed by atoms with van der Waals surface area (Å²) < 4.78 is 13.0. The Morgan fingerprint density at radius 3 is 2.68 bits per heavy atom. The van der Waals surface area contributed by atoms with Crippen LogP contribution in [0, 0.1) is 27.7 Å². The Morgan fingerprint density at radius 2 is 2.00 bits per heavy atom. The highest BCUT2D eigenvalue weighted by Gasteiger charge is 2.20. The summed E-state index contributed by atoms with van der Waals surface area (Å²) in [5.74, 6) is 1.03. The molecule has 7 heteroatoms. The van der Waals surface area contributed by atoms with Gasteiger partial charge in [-0.05, 0) is 57.9 Å². The molecule has 1 amide bonds. The predicted octanol–water partition coefficient (Wildman–Crippen LogP) is 3.63. The molecule has 2 heterocycles. The van der Waals surface area contributed by atoms with Crippen molar-refractivity contribution in [2.75, 3.05) is 0 Å². The maximum Gasteiger partial charge on any atom is 0.274 e. The second kappa shape index (κ2) is 8.29. The highest BCUT2D eigenvalue weighted by molar-refractivity contribution is 5.93. The van der Waals surface area contributed by atoms with Crippen molar-refractivity contribution in [2.45, 2.75) is 54.3 Å². The minimum atomic E-state index is -0.292. The lowest BCUT2D eigenvalue weighted by Gasteiger charge is -2.09. The van der Waals surface area contributed by atoms with E-state index in [0.29, 0.717) is 17.9 Å². The van der Waals surface area contributed by atoms with Crippen LogP contribution in [0.1, 0.15) is 51.1 Å². The summed E-state index contributed by atoms with van der Waals surface area (Å²) in [7, 11) is 0. The molecule has 0 saturated heterocycles. The molecule has 0 spiro atoms. The molecule has 0 aliphatic carbocycles. The van der Waals surface area contributed by atoms with Gasteiger partial charge in [0.05, 0.1) is 11.8 Å². The quantitative estimate of drug-likeness (QED) is 0.675. The molecule has 0 atom stereocenters. The Balaban J connectivity index is 1.68. The zero-order valence-corrected chi connectivity index (χ0v) is 17.0. The van der Waals surface area contributed by atoms with Crippen LogP contribution in [0.3, 0.4) is 0 Å². The second-order valence-electron chi connectivity index (χ2n) is 6.85. The van der Waals surface area contributed by atoms with Crippen molar-refractivity contribution in [2.24, 2.45) is 0 Å². The van der Waals surface area contributed by atoms with Crippen LogP contribution in [0.25, 0.3) is 0 Å². The fourth-order valence-electron chi connectivity index (χ4n) is 2.94. The fourth-order valence-corrected chi connectivity index (χ4v) is 2.94. The van der Waals surface area contributed by atoms with E-state index in [1.54, 1.807) is 13.1 Å². The van der Waals surface area contributed by atoms with Crippen molar-refractivity contribution >= 4 is 5.91 Å². The number of amides is 1. The molecule has 0 radical (unpaired) electrons. The van der Waals surface area contributed by atoms with Gasteiger partial charge in [-0.3, -0.25) is 9.48 Å². The SMILES string of the molecule is CCn1ncc(CNC(=O)c2noc(C)c2COc2ccc(C)c(C)c2)c1C. The van der Waals surface area contributed by atoms with Gasteiger partial charge in [-0.25, -0.2) is 0 Å². The predicted molar refractivity (Wildman–Crippen MR) is 105 cm³/mol. The fraction of sp³-hybridized carbons (Fsp3) is 0.381. The Kier molecular flexibility index (Phi) is 5.82. The van der Waals surface area contributed by atoms with Crippen LogP contribution in [0.5, 0.6) is 5.75 Å². The number of benzene rings is 1. The second-order valence-corrected chi connectivity index (χ2v) is 6.85. The van der Waals surface area contributed by atoms with E-state index in [2.05, 4.69) is 22.5 Å². The molecule has 0 bridgehead atoms. The summed E-state index contributed by atoms with van der Waals surface area (Å²) in [4.78, 5) is 12.6. The summed E-state index contributed by atoms with van der Waals surface area (Å²) in [6.07, 6.45) is 1.77. The summed E-state index contributed by atoms with van der Waals surface area (Å²) >= 11 is 0. The number of nitrogens with zero attached hydrogens (tertiary/aromatic N) is 3. The van der Waals surface area contributed by atoms with Crippen LogP contribution >= 0.6 is 0 Å². The van der Waals surface area contributed by atoms with E-state index >= 15 is 0 Å². The zero-order valence-electron chi connectivity index (χ0n) is 17.0. The first-order valence-corrected chi connectivity index (χ1v) is 9.35. The minimum Gasteiger partial charge on any atom is -0.489 e. The molecule has 0 saturated carbocycles. The van der Waals surface area contributed by atoms with E-state index < -0.39 is 0 Å². The third-order valence-corrected chi connectivity index (χ3v) is 5.01. The van der Waals surface area contributed by atoms with E-state index in [1.165, 1.54) is 5.56 Å². The van der Waals surface area contributed by atoms with Crippen molar-refractivity contribution < 1.29 is 14.1 Å². The lowest BCUT2D eigenvalue weighted by Crippen LogP contribution is -2.25. The molecule has 1 N–H and O–H groups in total. The van der Waals surface area contributed by atoms with Crippen LogP contribution in [-0.2, 0) is 19.7 Å². The number of nitrogens with one attached hydrogen (secondary N) is 1. The monoisotopic (exact) mass is 382 g/mol.